The Hall–Kier alpha value is -2.36. The molecule has 1 unspecified atom stereocenters. The maximum Gasteiger partial charge on any atom is 0.251 e. The summed E-state index contributed by atoms with van der Waals surface area (Å²) in [6.07, 6.45) is 0. The molecule has 0 aliphatic carbocycles. The molecule has 1 aliphatic heterocycles. The Morgan fingerprint density at radius 1 is 1.21 bits per heavy atom. The number of halogens is 1. The van der Waals surface area contributed by atoms with Crippen LogP contribution in [-0.2, 0) is 4.79 Å². The third-order valence-corrected chi connectivity index (χ3v) is 3.17. The Labute approximate surface area is 110 Å². The van der Waals surface area contributed by atoms with Gasteiger partial charge < -0.3 is 10.6 Å². The predicted molar refractivity (Wildman–Crippen MR) is 72.6 cm³/mol. The molecule has 3 nitrogen and oxygen atoms in total. The molecule has 0 radical (unpaired) electrons. The van der Waals surface area contributed by atoms with Gasteiger partial charge in [0.15, 0.2) is 0 Å². The number of aryl methyl sites for hydroxylation is 1. The molecule has 0 fully saturated rings. The number of rotatable bonds is 2. The van der Waals surface area contributed by atoms with Gasteiger partial charge in [-0.2, -0.15) is 0 Å². The Morgan fingerprint density at radius 2 is 2.05 bits per heavy atom. The van der Waals surface area contributed by atoms with Gasteiger partial charge in [-0.1, -0.05) is 23.8 Å². The van der Waals surface area contributed by atoms with Gasteiger partial charge in [-0.25, -0.2) is 4.39 Å². The molecule has 1 amide bonds. The van der Waals surface area contributed by atoms with E-state index in [9.17, 15) is 9.18 Å². The van der Waals surface area contributed by atoms with Crippen molar-refractivity contribution < 1.29 is 9.18 Å². The van der Waals surface area contributed by atoms with E-state index in [-0.39, 0.29) is 11.7 Å². The number of benzene rings is 2. The van der Waals surface area contributed by atoms with Gasteiger partial charge in [0.25, 0.3) is 5.91 Å². The standard InChI is InChI=1S/C15H13FN2O/c1-9-5-6-13-12(7-9)14(15(19)18-13)17-11-4-2-3-10(16)8-11/h2-8,14,17H,1H3,(H,18,19). The molecule has 4 heteroatoms. The third-order valence-electron chi connectivity index (χ3n) is 3.17. The average molecular weight is 256 g/mol. The minimum Gasteiger partial charge on any atom is -0.370 e. The Bertz CT molecular complexity index is 654. The highest BCUT2D eigenvalue weighted by molar-refractivity contribution is 6.04. The fourth-order valence-corrected chi connectivity index (χ4v) is 2.27. The first-order valence-electron chi connectivity index (χ1n) is 6.07. The van der Waals surface area contributed by atoms with E-state index in [1.54, 1.807) is 12.1 Å². The van der Waals surface area contributed by atoms with Crippen LogP contribution in [0.25, 0.3) is 0 Å². The normalized spacial score (nSPS) is 16.9. The minimum atomic E-state index is -0.475. The molecule has 0 aromatic heterocycles. The van der Waals surface area contributed by atoms with Crippen LogP contribution in [-0.4, -0.2) is 5.91 Å². The summed E-state index contributed by atoms with van der Waals surface area (Å²) in [7, 11) is 0. The monoisotopic (exact) mass is 256 g/mol. The van der Waals surface area contributed by atoms with Crippen molar-refractivity contribution in [3.63, 3.8) is 0 Å². The number of fused-ring (bicyclic) bond motifs is 1. The van der Waals surface area contributed by atoms with Gasteiger partial charge in [0.2, 0.25) is 0 Å². The van der Waals surface area contributed by atoms with Crippen LogP contribution in [0.3, 0.4) is 0 Å². The fraction of sp³-hybridized carbons (Fsp3) is 0.133. The average Bonchev–Trinajstić information content (AvgIpc) is 2.66. The van der Waals surface area contributed by atoms with E-state index < -0.39 is 6.04 Å². The molecule has 2 N–H and O–H groups in total. The van der Waals surface area contributed by atoms with Crippen LogP contribution >= 0.6 is 0 Å². The summed E-state index contributed by atoms with van der Waals surface area (Å²) < 4.78 is 13.2. The number of hydrogen-bond acceptors (Lipinski definition) is 2. The molecule has 1 atom stereocenters. The van der Waals surface area contributed by atoms with E-state index >= 15 is 0 Å². The van der Waals surface area contributed by atoms with Crippen molar-refractivity contribution in [1.82, 2.24) is 0 Å². The quantitative estimate of drug-likeness (QED) is 0.866. The summed E-state index contributed by atoms with van der Waals surface area (Å²) in [5, 5.41) is 5.88. The maximum atomic E-state index is 13.2. The fourth-order valence-electron chi connectivity index (χ4n) is 2.27. The first-order valence-corrected chi connectivity index (χ1v) is 6.07. The van der Waals surface area contributed by atoms with E-state index in [1.165, 1.54) is 12.1 Å². The lowest BCUT2D eigenvalue weighted by Crippen LogP contribution is -2.19. The SMILES string of the molecule is Cc1ccc2c(c1)C(Nc1cccc(F)c1)C(=O)N2. The summed E-state index contributed by atoms with van der Waals surface area (Å²) in [6.45, 7) is 1.97. The molecule has 0 saturated carbocycles. The third kappa shape index (κ3) is 2.17. The van der Waals surface area contributed by atoms with Crippen LogP contribution in [0.15, 0.2) is 42.5 Å². The summed E-state index contributed by atoms with van der Waals surface area (Å²) in [4.78, 5) is 12.0. The topological polar surface area (TPSA) is 41.1 Å². The second-order valence-corrected chi connectivity index (χ2v) is 4.67. The first-order chi connectivity index (χ1) is 9.13. The summed E-state index contributed by atoms with van der Waals surface area (Å²) in [5.41, 5.74) is 3.38. The van der Waals surface area contributed by atoms with Crippen LogP contribution < -0.4 is 10.6 Å². The second-order valence-electron chi connectivity index (χ2n) is 4.67. The zero-order valence-corrected chi connectivity index (χ0v) is 10.4. The molecule has 0 bridgehead atoms. The van der Waals surface area contributed by atoms with E-state index in [4.69, 9.17) is 0 Å². The number of amides is 1. The summed E-state index contributed by atoms with van der Waals surface area (Å²) >= 11 is 0. The van der Waals surface area contributed by atoms with Crippen molar-refractivity contribution in [2.24, 2.45) is 0 Å². The molecule has 96 valence electrons. The van der Waals surface area contributed by atoms with Gasteiger partial charge in [0.05, 0.1) is 0 Å². The highest BCUT2D eigenvalue weighted by Gasteiger charge is 2.30. The minimum absolute atomic E-state index is 0.120. The van der Waals surface area contributed by atoms with Crippen molar-refractivity contribution in [1.29, 1.82) is 0 Å². The lowest BCUT2D eigenvalue weighted by molar-refractivity contribution is -0.116. The number of hydrogen-bond donors (Lipinski definition) is 2. The Morgan fingerprint density at radius 3 is 2.84 bits per heavy atom. The van der Waals surface area contributed by atoms with E-state index in [0.29, 0.717) is 5.69 Å². The lowest BCUT2D eigenvalue weighted by Gasteiger charge is -2.13. The highest BCUT2D eigenvalue weighted by Crippen LogP contribution is 2.33. The lowest BCUT2D eigenvalue weighted by atomic mass is 10.1. The smallest absolute Gasteiger partial charge is 0.251 e. The van der Waals surface area contributed by atoms with Gasteiger partial charge in [0.1, 0.15) is 11.9 Å². The van der Waals surface area contributed by atoms with Crippen molar-refractivity contribution in [2.45, 2.75) is 13.0 Å². The van der Waals surface area contributed by atoms with Crippen molar-refractivity contribution in [2.75, 3.05) is 10.6 Å². The van der Waals surface area contributed by atoms with Crippen LogP contribution in [0.4, 0.5) is 15.8 Å². The molecule has 2 aromatic rings. The van der Waals surface area contributed by atoms with Crippen LogP contribution in [0.2, 0.25) is 0 Å². The van der Waals surface area contributed by atoms with Gasteiger partial charge >= 0.3 is 0 Å². The summed E-state index contributed by atoms with van der Waals surface area (Å²) in [6, 6.07) is 11.4. The molecule has 19 heavy (non-hydrogen) atoms. The van der Waals surface area contributed by atoms with Gasteiger partial charge in [-0.15, -0.1) is 0 Å². The maximum absolute atomic E-state index is 13.2. The first kappa shape index (κ1) is 11.7. The van der Waals surface area contributed by atoms with Crippen molar-refractivity contribution in [3.8, 4) is 0 Å². The number of carbonyl (C=O) groups excluding carboxylic acids is 1. The Kier molecular flexibility index (Phi) is 2.71. The molecular formula is C15H13FN2O. The number of nitrogens with one attached hydrogen (secondary N) is 2. The zero-order valence-electron chi connectivity index (χ0n) is 10.4. The van der Waals surface area contributed by atoms with Gasteiger partial charge in [-0.05, 0) is 31.2 Å². The molecule has 2 aromatic carbocycles. The second kappa shape index (κ2) is 4.39. The van der Waals surface area contributed by atoms with Gasteiger partial charge in [0, 0.05) is 16.9 Å². The molecule has 1 heterocycles. The zero-order chi connectivity index (χ0) is 13.4. The van der Waals surface area contributed by atoms with E-state index in [1.807, 2.05) is 25.1 Å². The number of anilines is 2. The van der Waals surface area contributed by atoms with Gasteiger partial charge in [-0.3, -0.25) is 4.79 Å². The van der Waals surface area contributed by atoms with E-state index in [0.717, 1.165) is 16.8 Å². The largest absolute Gasteiger partial charge is 0.370 e. The summed E-state index contributed by atoms with van der Waals surface area (Å²) in [5.74, 6) is -0.447. The Balaban J connectivity index is 1.94. The molecule has 0 spiro atoms. The highest BCUT2D eigenvalue weighted by atomic mass is 19.1. The molecule has 3 rings (SSSR count). The van der Waals surface area contributed by atoms with Crippen LogP contribution in [0.1, 0.15) is 17.2 Å². The number of carbonyl (C=O) groups is 1. The van der Waals surface area contributed by atoms with Crippen molar-refractivity contribution >= 4 is 17.3 Å². The molecule has 1 aliphatic rings. The van der Waals surface area contributed by atoms with Crippen molar-refractivity contribution in [3.05, 3.63) is 59.4 Å². The predicted octanol–water partition coefficient (Wildman–Crippen LogP) is 3.24. The molecule has 0 saturated heterocycles. The van der Waals surface area contributed by atoms with Crippen LogP contribution in [0, 0.1) is 12.7 Å². The molecular weight excluding hydrogens is 243 g/mol. The van der Waals surface area contributed by atoms with E-state index in [2.05, 4.69) is 10.6 Å². The van der Waals surface area contributed by atoms with Crippen LogP contribution in [0.5, 0.6) is 0 Å².